The minimum absolute atomic E-state index is 0.0742. The lowest BCUT2D eigenvalue weighted by atomic mass is 9.71. The van der Waals surface area contributed by atoms with E-state index in [0.717, 1.165) is 40.2 Å². The second-order valence-electron chi connectivity index (χ2n) is 9.98. The molecule has 3 aromatic rings. The molecule has 37 heavy (non-hydrogen) atoms. The van der Waals surface area contributed by atoms with E-state index < -0.39 is 11.9 Å². The van der Waals surface area contributed by atoms with E-state index in [1.165, 1.54) is 0 Å². The minimum atomic E-state index is -0.472. The van der Waals surface area contributed by atoms with E-state index in [9.17, 15) is 9.59 Å². The third kappa shape index (κ3) is 5.08. The largest absolute Gasteiger partial charge is 0.457 e. The van der Waals surface area contributed by atoms with Crippen LogP contribution in [-0.2, 0) is 20.9 Å². The van der Waals surface area contributed by atoms with Gasteiger partial charge in [-0.25, -0.2) is 4.79 Å². The number of esters is 1. The molecular formula is C32H32N2O3. The quantitative estimate of drug-likeness (QED) is 0.437. The molecule has 0 saturated carbocycles. The molecule has 0 unspecified atom stereocenters. The topological polar surface area (TPSA) is 58.6 Å². The van der Waals surface area contributed by atoms with E-state index in [1.807, 2.05) is 98.7 Å². The van der Waals surface area contributed by atoms with Crippen molar-refractivity contribution in [3.63, 3.8) is 0 Å². The highest BCUT2D eigenvalue weighted by atomic mass is 16.5. The fourth-order valence-electron chi connectivity index (χ4n) is 5.37. The Balaban J connectivity index is 1.52. The Morgan fingerprint density at radius 2 is 1.54 bits per heavy atom. The number of nitrogens with zero attached hydrogens (tertiary/aromatic N) is 1. The molecule has 1 N–H and O–H groups in total. The van der Waals surface area contributed by atoms with Gasteiger partial charge in [0.05, 0.1) is 5.57 Å². The average Bonchev–Trinajstić information content (AvgIpc) is 2.92. The van der Waals surface area contributed by atoms with Crippen LogP contribution >= 0.6 is 0 Å². The molecule has 2 atom stereocenters. The van der Waals surface area contributed by atoms with Crippen molar-refractivity contribution >= 4 is 17.4 Å². The lowest BCUT2D eigenvalue weighted by molar-refractivity contribution is -0.140. The van der Waals surface area contributed by atoms with Gasteiger partial charge in [0.2, 0.25) is 0 Å². The van der Waals surface area contributed by atoms with E-state index in [0.29, 0.717) is 17.6 Å². The van der Waals surface area contributed by atoms with Gasteiger partial charge in [-0.2, -0.15) is 0 Å². The van der Waals surface area contributed by atoms with Crippen molar-refractivity contribution in [2.75, 3.05) is 19.0 Å². The molecule has 0 bridgehead atoms. The molecule has 0 radical (unpaired) electrons. The highest BCUT2D eigenvalue weighted by Crippen LogP contribution is 2.46. The maximum Gasteiger partial charge on any atom is 0.337 e. The Morgan fingerprint density at radius 3 is 2.19 bits per heavy atom. The second-order valence-corrected chi connectivity index (χ2v) is 9.98. The van der Waals surface area contributed by atoms with Crippen LogP contribution in [0.1, 0.15) is 48.3 Å². The van der Waals surface area contributed by atoms with Gasteiger partial charge in [-0.3, -0.25) is 4.79 Å². The van der Waals surface area contributed by atoms with Gasteiger partial charge in [-0.05, 0) is 48.1 Å². The normalized spacial score (nSPS) is 19.3. The first-order valence-corrected chi connectivity index (χ1v) is 12.7. The summed E-state index contributed by atoms with van der Waals surface area (Å²) in [5, 5.41) is 3.44. The van der Waals surface area contributed by atoms with E-state index >= 15 is 0 Å². The minimum Gasteiger partial charge on any atom is -0.457 e. The molecule has 5 heteroatoms. The zero-order valence-electron chi connectivity index (χ0n) is 21.5. The van der Waals surface area contributed by atoms with Crippen molar-refractivity contribution in [1.82, 2.24) is 5.32 Å². The summed E-state index contributed by atoms with van der Waals surface area (Å²) in [6.07, 6.45) is 1.14. The molecule has 5 nitrogen and oxygen atoms in total. The first kappa shape index (κ1) is 24.6. The molecule has 1 aliphatic heterocycles. The number of Topliss-reactive ketones (excluding diaryl/α,β-unsaturated/α-hetero) is 1. The first-order valence-electron chi connectivity index (χ1n) is 12.7. The van der Waals surface area contributed by atoms with Crippen LogP contribution in [0.5, 0.6) is 0 Å². The zero-order chi connectivity index (χ0) is 25.9. The van der Waals surface area contributed by atoms with Crippen LogP contribution in [0.4, 0.5) is 5.69 Å². The van der Waals surface area contributed by atoms with Gasteiger partial charge in [0.1, 0.15) is 6.61 Å². The second kappa shape index (κ2) is 10.5. The molecule has 1 aliphatic carbocycles. The molecule has 0 fully saturated rings. The van der Waals surface area contributed by atoms with Crippen molar-refractivity contribution < 1.29 is 14.3 Å². The predicted molar refractivity (Wildman–Crippen MR) is 146 cm³/mol. The maximum absolute atomic E-state index is 13.7. The first-order chi connectivity index (χ1) is 17.9. The number of anilines is 1. The average molecular weight is 493 g/mol. The number of allylic oxidation sites excluding steroid dienone is 3. The van der Waals surface area contributed by atoms with Crippen LogP contribution in [0.2, 0.25) is 0 Å². The number of hydrogen-bond acceptors (Lipinski definition) is 5. The van der Waals surface area contributed by atoms with Crippen molar-refractivity contribution in [1.29, 1.82) is 0 Å². The van der Waals surface area contributed by atoms with Gasteiger partial charge < -0.3 is 15.0 Å². The number of carbonyl (C=O) groups is 2. The number of benzene rings is 3. The summed E-state index contributed by atoms with van der Waals surface area (Å²) in [6.45, 7) is 2.08. The number of hydrogen-bond donors (Lipinski definition) is 1. The molecule has 0 amide bonds. The lowest BCUT2D eigenvalue weighted by Gasteiger charge is -2.36. The summed E-state index contributed by atoms with van der Waals surface area (Å²) in [4.78, 5) is 29.3. The van der Waals surface area contributed by atoms with Crippen LogP contribution in [0.15, 0.2) is 107 Å². The summed E-state index contributed by atoms with van der Waals surface area (Å²) in [5.41, 5.74) is 6.87. The highest BCUT2D eigenvalue weighted by molar-refractivity contribution is 6.04. The van der Waals surface area contributed by atoms with E-state index in [4.69, 9.17) is 4.74 Å². The number of ether oxygens (including phenoxy) is 1. The molecule has 0 spiro atoms. The molecular weight excluding hydrogens is 460 g/mol. The predicted octanol–water partition coefficient (Wildman–Crippen LogP) is 5.86. The van der Waals surface area contributed by atoms with Crippen molar-refractivity contribution in [2.45, 2.75) is 38.2 Å². The van der Waals surface area contributed by atoms with Gasteiger partial charge in [0.25, 0.3) is 0 Å². The van der Waals surface area contributed by atoms with Crippen LogP contribution in [0.25, 0.3) is 0 Å². The van der Waals surface area contributed by atoms with Crippen molar-refractivity contribution in [2.24, 2.45) is 0 Å². The summed E-state index contributed by atoms with van der Waals surface area (Å²) in [5.74, 6) is -0.693. The standard InChI is InChI=1S/C32H32N2O3/c1-21-29(32(36)37-20-22-10-6-4-7-11-22)30(24-14-16-26(17-15-24)34(2)3)31-27(33-21)18-25(19-28(31)35)23-12-8-5-9-13-23/h4-17,25,30,33H,18-20H2,1-3H3/t25-,30-/m0/s1. The monoisotopic (exact) mass is 492 g/mol. The summed E-state index contributed by atoms with van der Waals surface area (Å²) in [6, 6.07) is 27.9. The number of rotatable bonds is 6. The zero-order valence-corrected chi connectivity index (χ0v) is 21.5. The van der Waals surface area contributed by atoms with Crippen molar-refractivity contribution in [3.8, 4) is 0 Å². The Kier molecular flexibility index (Phi) is 6.95. The van der Waals surface area contributed by atoms with Crippen LogP contribution in [0.3, 0.4) is 0 Å². The number of carbonyl (C=O) groups excluding carboxylic acids is 2. The molecule has 1 heterocycles. The third-order valence-electron chi connectivity index (χ3n) is 7.27. The van der Waals surface area contributed by atoms with Gasteiger partial charge in [-0.15, -0.1) is 0 Å². The van der Waals surface area contributed by atoms with Crippen LogP contribution < -0.4 is 10.2 Å². The van der Waals surface area contributed by atoms with Crippen molar-refractivity contribution in [3.05, 3.63) is 124 Å². The number of dihydropyridines is 1. The number of nitrogens with one attached hydrogen (secondary N) is 1. The third-order valence-corrected chi connectivity index (χ3v) is 7.27. The Hall–Kier alpha value is -4.12. The van der Waals surface area contributed by atoms with Gasteiger partial charge in [0, 0.05) is 49.1 Å². The Labute approximate surface area is 218 Å². The van der Waals surface area contributed by atoms with Crippen LogP contribution in [-0.4, -0.2) is 25.8 Å². The summed E-state index contributed by atoms with van der Waals surface area (Å²) >= 11 is 0. The van der Waals surface area contributed by atoms with Gasteiger partial charge in [-0.1, -0.05) is 72.8 Å². The molecule has 3 aromatic carbocycles. The fourth-order valence-corrected chi connectivity index (χ4v) is 5.37. The van der Waals surface area contributed by atoms with E-state index in [1.54, 1.807) is 0 Å². The molecule has 188 valence electrons. The van der Waals surface area contributed by atoms with Gasteiger partial charge in [0.15, 0.2) is 5.78 Å². The van der Waals surface area contributed by atoms with Gasteiger partial charge >= 0.3 is 5.97 Å². The fraction of sp³-hybridized carbons (Fsp3) is 0.250. The SMILES string of the molecule is CC1=C(C(=O)OCc2ccccc2)[C@H](c2ccc(N(C)C)cc2)C2=C(C[C@H](c3ccccc3)CC2=O)N1. The van der Waals surface area contributed by atoms with Crippen LogP contribution in [0, 0.1) is 0 Å². The summed E-state index contributed by atoms with van der Waals surface area (Å²) < 4.78 is 5.78. The highest BCUT2D eigenvalue weighted by Gasteiger charge is 2.41. The number of ketones is 1. The molecule has 0 aromatic heterocycles. The Morgan fingerprint density at radius 1 is 0.892 bits per heavy atom. The van der Waals surface area contributed by atoms with E-state index in [2.05, 4.69) is 17.4 Å². The summed E-state index contributed by atoms with van der Waals surface area (Å²) in [7, 11) is 3.98. The molecule has 2 aliphatic rings. The van der Waals surface area contributed by atoms with E-state index in [-0.39, 0.29) is 18.3 Å². The molecule has 0 saturated heterocycles. The Bertz CT molecular complexity index is 1360. The maximum atomic E-state index is 13.7. The lowest BCUT2D eigenvalue weighted by Crippen LogP contribution is -2.36. The smallest absolute Gasteiger partial charge is 0.337 e. The molecule has 5 rings (SSSR count).